The molecule has 2 aliphatic heterocycles. The number of nitrogens with zero attached hydrogens (tertiary/aromatic N) is 2. The molecule has 6 heteroatoms. The SMILES string of the molecule is C[C@H]1CN(C(=O)CC2CCC3(CC2)OCCO3)c2cccnc2O1. The second-order valence-corrected chi connectivity index (χ2v) is 7.02. The Morgan fingerprint density at radius 2 is 2.08 bits per heavy atom. The van der Waals surface area contributed by atoms with Gasteiger partial charge in [0, 0.05) is 25.5 Å². The van der Waals surface area contributed by atoms with Crippen molar-refractivity contribution in [3.63, 3.8) is 0 Å². The first-order valence-corrected chi connectivity index (χ1v) is 8.85. The average molecular weight is 332 g/mol. The number of hydrogen-bond donors (Lipinski definition) is 0. The maximum Gasteiger partial charge on any atom is 0.238 e. The molecule has 4 rings (SSSR count). The summed E-state index contributed by atoms with van der Waals surface area (Å²) in [6.07, 6.45) is 5.97. The number of carbonyl (C=O) groups is 1. The van der Waals surface area contributed by atoms with E-state index in [1.165, 1.54) is 0 Å². The van der Waals surface area contributed by atoms with E-state index in [2.05, 4.69) is 4.98 Å². The number of pyridine rings is 1. The summed E-state index contributed by atoms with van der Waals surface area (Å²) in [5.74, 6) is 0.756. The largest absolute Gasteiger partial charge is 0.471 e. The highest BCUT2D eigenvalue weighted by Crippen LogP contribution is 2.40. The van der Waals surface area contributed by atoms with Gasteiger partial charge in [0.15, 0.2) is 5.79 Å². The highest BCUT2D eigenvalue weighted by Gasteiger charge is 2.41. The molecule has 6 nitrogen and oxygen atoms in total. The van der Waals surface area contributed by atoms with Crippen LogP contribution in [0.1, 0.15) is 39.0 Å². The van der Waals surface area contributed by atoms with Gasteiger partial charge in [-0.05, 0) is 37.8 Å². The molecule has 1 amide bonds. The lowest BCUT2D eigenvalue weighted by Crippen LogP contribution is -2.44. The monoisotopic (exact) mass is 332 g/mol. The van der Waals surface area contributed by atoms with Gasteiger partial charge in [0.25, 0.3) is 0 Å². The van der Waals surface area contributed by atoms with Crippen LogP contribution in [0.4, 0.5) is 5.69 Å². The molecule has 1 aromatic rings. The minimum Gasteiger partial charge on any atom is -0.471 e. The van der Waals surface area contributed by atoms with Gasteiger partial charge in [-0.25, -0.2) is 4.98 Å². The van der Waals surface area contributed by atoms with Crippen LogP contribution in [0.2, 0.25) is 0 Å². The van der Waals surface area contributed by atoms with E-state index in [4.69, 9.17) is 14.2 Å². The zero-order valence-electron chi connectivity index (χ0n) is 14.1. The van der Waals surface area contributed by atoms with Crippen LogP contribution in [0.3, 0.4) is 0 Å². The Morgan fingerprint density at radius 3 is 2.83 bits per heavy atom. The third-order valence-electron chi connectivity index (χ3n) is 5.24. The zero-order valence-corrected chi connectivity index (χ0v) is 14.1. The molecule has 1 aliphatic carbocycles. The second-order valence-electron chi connectivity index (χ2n) is 7.02. The van der Waals surface area contributed by atoms with Gasteiger partial charge in [0.05, 0.1) is 19.8 Å². The van der Waals surface area contributed by atoms with Gasteiger partial charge < -0.3 is 19.1 Å². The van der Waals surface area contributed by atoms with E-state index in [1.807, 2.05) is 24.0 Å². The Morgan fingerprint density at radius 1 is 1.33 bits per heavy atom. The Kier molecular flexibility index (Phi) is 4.18. The van der Waals surface area contributed by atoms with Gasteiger partial charge in [-0.15, -0.1) is 0 Å². The van der Waals surface area contributed by atoms with Gasteiger partial charge in [-0.3, -0.25) is 4.79 Å². The number of ether oxygens (including phenoxy) is 3. The summed E-state index contributed by atoms with van der Waals surface area (Å²) >= 11 is 0. The van der Waals surface area contributed by atoms with Crippen LogP contribution in [0.25, 0.3) is 0 Å². The first-order valence-electron chi connectivity index (χ1n) is 8.85. The molecule has 3 aliphatic rings. The van der Waals surface area contributed by atoms with Crippen LogP contribution in [0.5, 0.6) is 5.88 Å². The van der Waals surface area contributed by atoms with Crippen molar-refractivity contribution in [2.24, 2.45) is 5.92 Å². The third kappa shape index (κ3) is 3.00. The lowest BCUT2D eigenvalue weighted by atomic mass is 9.83. The maximum absolute atomic E-state index is 12.9. The fourth-order valence-corrected chi connectivity index (χ4v) is 3.96. The third-order valence-corrected chi connectivity index (χ3v) is 5.24. The zero-order chi connectivity index (χ0) is 16.6. The molecule has 1 saturated heterocycles. The summed E-state index contributed by atoms with van der Waals surface area (Å²) in [5.41, 5.74) is 0.787. The number of anilines is 1. The van der Waals surface area contributed by atoms with Crippen molar-refractivity contribution in [1.82, 2.24) is 4.98 Å². The topological polar surface area (TPSA) is 60.9 Å². The smallest absolute Gasteiger partial charge is 0.238 e. The predicted molar refractivity (Wildman–Crippen MR) is 87.9 cm³/mol. The van der Waals surface area contributed by atoms with E-state index in [-0.39, 0.29) is 17.8 Å². The Balaban J connectivity index is 1.40. The van der Waals surface area contributed by atoms with Crippen molar-refractivity contribution >= 4 is 11.6 Å². The Labute approximate surface area is 142 Å². The molecule has 1 spiro atoms. The molecule has 2 fully saturated rings. The Bertz CT molecular complexity index is 605. The molecule has 0 bridgehead atoms. The molecular formula is C18H24N2O4. The number of fused-ring (bicyclic) bond motifs is 1. The van der Waals surface area contributed by atoms with Crippen molar-refractivity contribution in [2.75, 3.05) is 24.7 Å². The summed E-state index contributed by atoms with van der Waals surface area (Å²) in [6, 6.07) is 3.75. The number of rotatable bonds is 2. The summed E-state index contributed by atoms with van der Waals surface area (Å²) in [6.45, 7) is 3.94. The summed E-state index contributed by atoms with van der Waals surface area (Å²) in [5, 5.41) is 0. The summed E-state index contributed by atoms with van der Waals surface area (Å²) in [7, 11) is 0. The molecule has 130 valence electrons. The van der Waals surface area contributed by atoms with Crippen molar-refractivity contribution in [2.45, 2.75) is 50.9 Å². The van der Waals surface area contributed by atoms with Crippen molar-refractivity contribution in [1.29, 1.82) is 0 Å². The van der Waals surface area contributed by atoms with Crippen molar-refractivity contribution in [3.05, 3.63) is 18.3 Å². The molecule has 24 heavy (non-hydrogen) atoms. The van der Waals surface area contributed by atoms with Gasteiger partial charge in [0.2, 0.25) is 11.8 Å². The lowest BCUT2D eigenvalue weighted by molar-refractivity contribution is -0.183. The average Bonchev–Trinajstić information content (AvgIpc) is 3.04. The normalized spacial score (nSPS) is 26.2. The standard InChI is InChI=1S/C18H24N2O4/c1-13-12-20(15-3-2-8-19-17(15)24-13)16(21)11-14-4-6-18(7-5-14)22-9-10-23-18/h2-3,8,13-14H,4-7,9-12H2,1H3/t13-/m0/s1. The summed E-state index contributed by atoms with van der Waals surface area (Å²) in [4.78, 5) is 19.0. The van der Waals surface area contributed by atoms with Crippen LogP contribution in [0, 0.1) is 5.92 Å². The molecule has 0 radical (unpaired) electrons. The second kappa shape index (κ2) is 6.33. The van der Waals surface area contributed by atoms with E-state index in [0.717, 1.165) is 31.4 Å². The molecular weight excluding hydrogens is 308 g/mol. The Hall–Kier alpha value is -1.66. The first-order chi connectivity index (χ1) is 11.7. The van der Waals surface area contributed by atoms with Gasteiger partial charge >= 0.3 is 0 Å². The van der Waals surface area contributed by atoms with Gasteiger partial charge in [0.1, 0.15) is 11.8 Å². The number of aromatic nitrogens is 1. The van der Waals surface area contributed by atoms with Crippen LogP contribution in [0.15, 0.2) is 18.3 Å². The highest BCUT2D eigenvalue weighted by molar-refractivity contribution is 5.95. The highest BCUT2D eigenvalue weighted by atomic mass is 16.7. The minimum absolute atomic E-state index is 0.0359. The van der Waals surface area contributed by atoms with E-state index in [1.54, 1.807) is 6.20 Å². The fourth-order valence-electron chi connectivity index (χ4n) is 3.96. The maximum atomic E-state index is 12.9. The molecule has 0 aromatic carbocycles. The van der Waals surface area contributed by atoms with Crippen LogP contribution < -0.4 is 9.64 Å². The molecule has 1 saturated carbocycles. The van der Waals surface area contributed by atoms with Gasteiger partial charge in [-0.2, -0.15) is 0 Å². The molecule has 0 unspecified atom stereocenters. The lowest BCUT2D eigenvalue weighted by Gasteiger charge is -2.37. The number of amides is 1. The van der Waals surface area contributed by atoms with Crippen molar-refractivity contribution in [3.8, 4) is 5.88 Å². The fraction of sp³-hybridized carbons (Fsp3) is 0.667. The summed E-state index contributed by atoms with van der Waals surface area (Å²) < 4.78 is 17.3. The molecule has 0 N–H and O–H groups in total. The van der Waals surface area contributed by atoms with Crippen LogP contribution in [-0.2, 0) is 14.3 Å². The first kappa shape index (κ1) is 15.8. The van der Waals surface area contributed by atoms with Crippen LogP contribution in [-0.4, -0.2) is 42.5 Å². The quantitative estimate of drug-likeness (QED) is 0.833. The minimum atomic E-state index is -0.358. The van der Waals surface area contributed by atoms with E-state index < -0.39 is 0 Å². The molecule has 1 atom stereocenters. The molecule has 1 aromatic heterocycles. The predicted octanol–water partition coefficient (Wildman–Crippen LogP) is 2.52. The van der Waals surface area contributed by atoms with Crippen LogP contribution >= 0.6 is 0 Å². The van der Waals surface area contributed by atoms with E-state index >= 15 is 0 Å². The van der Waals surface area contributed by atoms with Gasteiger partial charge in [-0.1, -0.05) is 0 Å². The number of carbonyl (C=O) groups excluding carboxylic acids is 1. The van der Waals surface area contributed by atoms with E-state index in [0.29, 0.717) is 38.0 Å². The van der Waals surface area contributed by atoms with Crippen molar-refractivity contribution < 1.29 is 19.0 Å². The van der Waals surface area contributed by atoms with E-state index in [9.17, 15) is 4.79 Å². The number of hydrogen-bond acceptors (Lipinski definition) is 5. The molecule has 3 heterocycles.